The summed E-state index contributed by atoms with van der Waals surface area (Å²) in [5.74, 6) is 2.04. The number of carbonyl (C=O) groups is 2. The Labute approximate surface area is 164 Å². The largest absolute Gasteiger partial charge is 0.456 e. The molecule has 0 aromatic heterocycles. The van der Waals surface area contributed by atoms with Gasteiger partial charge in [0.25, 0.3) is 0 Å². The van der Waals surface area contributed by atoms with Crippen LogP contribution in [0.3, 0.4) is 0 Å². The number of carbonyl (C=O) groups excluding carboxylic acids is 2. The molecule has 0 atom stereocenters. The lowest BCUT2D eigenvalue weighted by Crippen LogP contribution is -2.60. The highest BCUT2D eigenvalue weighted by Crippen LogP contribution is 2.61. The Morgan fingerprint density at radius 1 is 0.963 bits per heavy atom. The molecule has 0 saturated heterocycles. The summed E-state index contributed by atoms with van der Waals surface area (Å²) >= 11 is 0. The summed E-state index contributed by atoms with van der Waals surface area (Å²) in [5, 5.41) is 0. The SMILES string of the molecule is CCCCCC1(OC(=O)COC(=O)C(C)(C)CC)C2CC3CC(C2)CC1C3. The minimum atomic E-state index is -0.554. The van der Waals surface area contributed by atoms with Crippen molar-refractivity contribution < 1.29 is 19.1 Å². The van der Waals surface area contributed by atoms with Crippen LogP contribution in [0.2, 0.25) is 0 Å². The molecule has 4 nitrogen and oxygen atoms in total. The van der Waals surface area contributed by atoms with Crippen LogP contribution in [0.5, 0.6) is 0 Å². The van der Waals surface area contributed by atoms with Crippen LogP contribution in [0.4, 0.5) is 0 Å². The van der Waals surface area contributed by atoms with E-state index in [1.54, 1.807) is 0 Å². The van der Waals surface area contributed by atoms with Crippen molar-refractivity contribution in [3.63, 3.8) is 0 Å². The van der Waals surface area contributed by atoms with E-state index in [0.29, 0.717) is 18.3 Å². The fraction of sp³-hybridized carbons (Fsp3) is 0.913. The highest BCUT2D eigenvalue weighted by atomic mass is 16.6. The highest BCUT2D eigenvalue weighted by Gasteiger charge is 2.59. The van der Waals surface area contributed by atoms with Crippen LogP contribution in [0, 0.1) is 29.1 Å². The van der Waals surface area contributed by atoms with Crippen LogP contribution in [-0.4, -0.2) is 24.1 Å². The number of hydrogen-bond donors (Lipinski definition) is 0. The predicted molar refractivity (Wildman–Crippen MR) is 105 cm³/mol. The first kappa shape index (κ1) is 20.7. The van der Waals surface area contributed by atoms with Crippen LogP contribution >= 0.6 is 0 Å². The molecule has 0 radical (unpaired) electrons. The lowest BCUT2D eigenvalue weighted by atomic mass is 9.49. The van der Waals surface area contributed by atoms with E-state index in [1.165, 1.54) is 44.9 Å². The van der Waals surface area contributed by atoms with Gasteiger partial charge in [0.2, 0.25) is 0 Å². The molecule has 0 amide bonds. The van der Waals surface area contributed by atoms with E-state index in [2.05, 4.69) is 6.92 Å². The van der Waals surface area contributed by atoms with Crippen molar-refractivity contribution in [3.8, 4) is 0 Å². The van der Waals surface area contributed by atoms with Crippen LogP contribution < -0.4 is 0 Å². The highest BCUT2D eigenvalue weighted by molar-refractivity contribution is 5.80. The van der Waals surface area contributed by atoms with Crippen molar-refractivity contribution in [1.82, 2.24) is 0 Å². The molecule has 154 valence electrons. The molecule has 0 spiro atoms. The van der Waals surface area contributed by atoms with Gasteiger partial charge < -0.3 is 9.47 Å². The molecule has 0 aliphatic heterocycles. The Kier molecular flexibility index (Phi) is 6.22. The molecule has 4 saturated carbocycles. The van der Waals surface area contributed by atoms with Gasteiger partial charge in [-0.2, -0.15) is 0 Å². The van der Waals surface area contributed by atoms with Crippen molar-refractivity contribution >= 4 is 11.9 Å². The molecule has 4 aliphatic rings. The van der Waals surface area contributed by atoms with Crippen molar-refractivity contribution in [2.45, 2.75) is 97.5 Å². The topological polar surface area (TPSA) is 52.6 Å². The average molecular weight is 379 g/mol. The van der Waals surface area contributed by atoms with Gasteiger partial charge in [-0.05, 0) is 88.9 Å². The fourth-order valence-corrected chi connectivity index (χ4v) is 5.96. The summed E-state index contributed by atoms with van der Waals surface area (Å²) < 4.78 is 11.6. The van der Waals surface area contributed by atoms with Crippen LogP contribution in [0.25, 0.3) is 0 Å². The van der Waals surface area contributed by atoms with Crippen LogP contribution in [-0.2, 0) is 19.1 Å². The number of esters is 2. The fourth-order valence-electron chi connectivity index (χ4n) is 5.96. The van der Waals surface area contributed by atoms with Gasteiger partial charge in [0.05, 0.1) is 5.41 Å². The maximum absolute atomic E-state index is 12.7. The first-order chi connectivity index (χ1) is 12.8. The second kappa shape index (κ2) is 8.13. The van der Waals surface area contributed by atoms with Crippen molar-refractivity contribution in [1.29, 1.82) is 0 Å². The molecular weight excluding hydrogens is 340 g/mol. The molecule has 4 heteroatoms. The zero-order chi connectivity index (χ0) is 19.7. The summed E-state index contributed by atoms with van der Waals surface area (Å²) in [6.07, 6.45) is 11.4. The molecule has 4 fully saturated rings. The Morgan fingerprint density at radius 2 is 1.56 bits per heavy atom. The minimum Gasteiger partial charge on any atom is -0.456 e. The van der Waals surface area contributed by atoms with E-state index in [1.807, 2.05) is 20.8 Å². The summed E-state index contributed by atoms with van der Waals surface area (Å²) in [4.78, 5) is 24.9. The lowest BCUT2D eigenvalue weighted by molar-refractivity contribution is -0.216. The zero-order valence-electron chi connectivity index (χ0n) is 17.7. The van der Waals surface area contributed by atoms with Gasteiger partial charge in [-0.25, -0.2) is 4.79 Å². The normalized spacial score (nSPS) is 34.5. The molecule has 0 heterocycles. The summed E-state index contributed by atoms with van der Waals surface area (Å²) in [6, 6.07) is 0. The second-order valence-electron chi connectivity index (χ2n) is 10.0. The van der Waals surface area contributed by atoms with Crippen molar-refractivity contribution in [3.05, 3.63) is 0 Å². The summed E-state index contributed by atoms with van der Waals surface area (Å²) in [6.45, 7) is 7.63. The van der Waals surface area contributed by atoms with Gasteiger partial charge in [0.15, 0.2) is 6.61 Å². The standard InChI is InChI=1S/C23H38O4/c1-5-7-8-9-23(18-11-16-10-17(13-18)14-19(23)12-16)27-20(24)15-26-21(25)22(3,4)6-2/h16-19H,5-15H2,1-4H3. The average Bonchev–Trinajstić information content (AvgIpc) is 2.63. The van der Waals surface area contributed by atoms with E-state index in [9.17, 15) is 9.59 Å². The smallest absolute Gasteiger partial charge is 0.344 e. The first-order valence-corrected chi connectivity index (χ1v) is 11.2. The number of ether oxygens (including phenoxy) is 2. The Balaban J connectivity index is 1.65. The van der Waals surface area contributed by atoms with Gasteiger partial charge in [0.1, 0.15) is 5.60 Å². The Hall–Kier alpha value is -1.06. The van der Waals surface area contributed by atoms with Crippen molar-refractivity contribution in [2.24, 2.45) is 29.1 Å². The molecule has 4 bridgehead atoms. The third-order valence-electron chi connectivity index (χ3n) is 7.75. The van der Waals surface area contributed by atoms with Gasteiger partial charge in [0, 0.05) is 0 Å². The number of hydrogen-bond acceptors (Lipinski definition) is 4. The monoisotopic (exact) mass is 378 g/mol. The van der Waals surface area contributed by atoms with E-state index in [0.717, 1.165) is 24.7 Å². The Bertz CT molecular complexity index is 523. The molecule has 0 N–H and O–H groups in total. The minimum absolute atomic E-state index is 0.246. The molecule has 0 aromatic carbocycles. The third-order valence-corrected chi connectivity index (χ3v) is 7.75. The lowest BCUT2D eigenvalue weighted by Gasteiger charge is -2.60. The van der Waals surface area contributed by atoms with E-state index < -0.39 is 5.41 Å². The maximum Gasteiger partial charge on any atom is 0.344 e. The van der Waals surface area contributed by atoms with Crippen LogP contribution in [0.1, 0.15) is 91.9 Å². The van der Waals surface area contributed by atoms with Gasteiger partial charge in [-0.15, -0.1) is 0 Å². The van der Waals surface area contributed by atoms with E-state index >= 15 is 0 Å². The van der Waals surface area contributed by atoms with Crippen molar-refractivity contribution in [2.75, 3.05) is 6.61 Å². The van der Waals surface area contributed by atoms with Gasteiger partial charge in [-0.3, -0.25) is 4.79 Å². The second-order valence-corrected chi connectivity index (χ2v) is 10.0. The molecule has 4 rings (SSSR count). The number of rotatable bonds is 9. The van der Waals surface area contributed by atoms with Crippen LogP contribution in [0.15, 0.2) is 0 Å². The number of unbranched alkanes of at least 4 members (excludes halogenated alkanes) is 2. The molecule has 27 heavy (non-hydrogen) atoms. The summed E-state index contributed by atoms with van der Waals surface area (Å²) in [7, 11) is 0. The van der Waals surface area contributed by atoms with Gasteiger partial charge >= 0.3 is 11.9 Å². The predicted octanol–water partition coefficient (Wildman–Crippen LogP) is 5.28. The quantitative estimate of drug-likeness (QED) is 0.404. The zero-order valence-corrected chi connectivity index (χ0v) is 17.7. The van der Waals surface area contributed by atoms with E-state index in [4.69, 9.17) is 9.47 Å². The molecule has 0 unspecified atom stereocenters. The third kappa shape index (κ3) is 4.19. The summed E-state index contributed by atoms with van der Waals surface area (Å²) in [5.41, 5.74) is -0.853. The maximum atomic E-state index is 12.7. The Morgan fingerprint density at radius 3 is 2.07 bits per heavy atom. The molecule has 0 aromatic rings. The first-order valence-electron chi connectivity index (χ1n) is 11.2. The molecule has 4 aliphatic carbocycles. The molecular formula is C23H38O4. The van der Waals surface area contributed by atoms with E-state index in [-0.39, 0.29) is 24.1 Å². The van der Waals surface area contributed by atoms with Gasteiger partial charge in [-0.1, -0.05) is 26.7 Å².